The molecule has 18 heavy (non-hydrogen) atoms. The number of esters is 1. The topological polar surface area (TPSA) is 44.1 Å². The van der Waals surface area contributed by atoms with Crippen molar-refractivity contribution in [1.82, 2.24) is 9.78 Å². The van der Waals surface area contributed by atoms with Gasteiger partial charge in [-0.15, -0.1) is 0 Å². The van der Waals surface area contributed by atoms with Gasteiger partial charge in [-0.05, 0) is 47.7 Å². The highest BCUT2D eigenvalue weighted by Gasteiger charge is 2.20. The van der Waals surface area contributed by atoms with Gasteiger partial charge in [-0.2, -0.15) is 5.10 Å². The number of ether oxygens (including phenoxy) is 1. The summed E-state index contributed by atoms with van der Waals surface area (Å²) in [5, 5.41) is 4.31. The van der Waals surface area contributed by atoms with Crippen LogP contribution >= 0.6 is 38.5 Å². The summed E-state index contributed by atoms with van der Waals surface area (Å²) in [6.07, 6.45) is 0. The van der Waals surface area contributed by atoms with Gasteiger partial charge in [0.25, 0.3) is 0 Å². The Morgan fingerprint density at radius 1 is 1.50 bits per heavy atom. The van der Waals surface area contributed by atoms with Crippen molar-refractivity contribution in [3.8, 4) is 5.69 Å². The Hall–Kier alpha value is -0.890. The van der Waals surface area contributed by atoms with E-state index in [9.17, 15) is 4.79 Å². The maximum absolute atomic E-state index is 11.6. The van der Waals surface area contributed by atoms with Crippen LogP contribution in [0.5, 0.6) is 0 Å². The fourth-order valence-electron chi connectivity index (χ4n) is 1.57. The quantitative estimate of drug-likeness (QED) is 0.552. The molecule has 0 saturated heterocycles. The van der Waals surface area contributed by atoms with E-state index in [0.29, 0.717) is 5.69 Å². The van der Waals surface area contributed by atoms with Gasteiger partial charge >= 0.3 is 5.97 Å². The van der Waals surface area contributed by atoms with E-state index in [1.54, 1.807) is 4.68 Å². The highest BCUT2D eigenvalue weighted by atomic mass is 127. The van der Waals surface area contributed by atoms with E-state index in [2.05, 4.69) is 43.6 Å². The van der Waals surface area contributed by atoms with E-state index in [1.807, 2.05) is 31.2 Å². The van der Waals surface area contributed by atoms with Gasteiger partial charge in [0.05, 0.1) is 22.1 Å². The molecule has 0 N–H and O–H groups in total. The van der Waals surface area contributed by atoms with Crippen LogP contribution in [0, 0.1) is 10.5 Å². The lowest BCUT2D eigenvalue weighted by atomic mass is 10.3. The summed E-state index contributed by atoms with van der Waals surface area (Å²) in [5.41, 5.74) is 2.15. The van der Waals surface area contributed by atoms with Crippen molar-refractivity contribution in [2.75, 3.05) is 7.11 Å². The van der Waals surface area contributed by atoms with Crippen molar-refractivity contribution in [1.29, 1.82) is 0 Å². The Bertz CT molecular complexity index is 610. The fourth-order valence-corrected chi connectivity index (χ4v) is 2.51. The van der Waals surface area contributed by atoms with Crippen molar-refractivity contribution < 1.29 is 9.53 Å². The summed E-state index contributed by atoms with van der Waals surface area (Å²) in [6, 6.07) is 7.73. The first-order chi connectivity index (χ1) is 8.54. The van der Waals surface area contributed by atoms with Crippen molar-refractivity contribution in [3.63, 3.8) is 0 Å². The molecule has 0 saturated carbocycles. The molecular weight excluding hydrogens is 411 g/mol. The third kappa shape index (κ3) is 2.44. The summed E-state index contributed by atoms with van der Waals surface area (Å²) in [6.45, 7) is 1.92. The first-order valence-electron chi connectivity index (χ1n) is 5.14. The SMILES string of the molecule is COC(=O)c1nn(-c2cccc(Br)c2)c(C)c1I. The number of carbonyl (C=O) groups is 1. The third-order valence-electron chi connectivity index (χ3n) is 2.47. The highest BCUT2D eigenvalue weighted by molar-refractivity contribution is 14.1. The largest absolute Gasteiger partial charge is 0.464 e. The molecule has 0 amide bonds. The van der Waals surface area contributed by atoms with Crippen LogP contribution in [0.15, 0.2) is 28.7 Å². The number of hydrogen-bond acceptors (Lipinski definition) is 3. The van der Waals surface area contributed by atoms with Crippen LogP contribution in [0.25, 0.3) is 5.69 Å². The molecule has 2 rings (SSSR count). The smallest absolute Gasteiger partial charge is 0.359 e. The summed E-state index contributed by atoms with van der Waals surface area (Å²) in [5.74, 6) is -0.420. The van der Waals surface area contributed by atoms with Crippen molar-refractivity contribution >= 4 is 44.5 Å². The van der Waals surface area contributed by atoms with E-state index < -0.39 is 5.97 Å². The number of benzene rings is 1. The Morgan fingerprint density at radius 2 is 2.22 bits per heavy atom. The van der Waals surface area contributed by atoms with Gasteiger partial charge in [-0.25, -0.2) is 9.48 Å². The lowest BCUT2D eigenvalue weighted by molar-refractivity contribution is 0.0592. The maximum Gasteiger partial charge on any atom is 0.359 e. The van der Waals surface area contributed by atoms with Crippen LogP contribution < -0.4 is 0 Å². The number of rotatable bonds is 2. The minimum atomic E-state index is -0.420. The average Bonchev–Trinajstić information content (AvgIpc) is 2.66. The van der Waals surface area contributed by atoms with E-state index in [4.69, 9.17) is 4.74 Å². The number of aromatic nitrogens is 2. The zero-order valence-electron chi connectivity index (χ0n) is 9.78. The van der Waals surface area contributed by atoms with Gasteiger partial charge in [0, 0.05) is 4.47 Å². The Morgan fingerprint density at radius 3 is 2.83 bits per heavy atom. The lowest BCUT2D eigenvalue weighted by Gasteiger charge is -2.04. The Kier molecular flexibility index (Phi) is 4.06. The zero-order valence-corrected chi connectivity index (χ0v) is 13.5. The molecule has 2 aromatic rings. The van der Waals surface area contributed by atoms with Crippen molar-refractivity contribution in [2.45, 2.75) is 6.92 Å². The molecule has 0 aliphatic heterocycles. The van der Waals surface area contributed by atoms with Gasteiger partial charge in [0.2, 0.25) is 0 Å². The van der Waals surface area contributed by atoms with E-state index in [-0.39, 0.29) is 0 Å². The molecule has 0 spiro atoms. The molecule has 1 aromatic carbocycles. The molecule has 0 unspecified atom stereocenters. The number of methoxy groups -OCH3 is 1. The molecule has 1 heterocycles. The minimum Gasteiger partial charge on any atom is -0.464 e. The van der Waals surface area contributed by atoms with Crippen LogP contribution in [0.4, 0.5) is 0 Å². The Labute approximate surface area is 127 Å². The van der Waals surface area contributed by atoms with Gasteiger partial charge in [-0.1, -0.05) is 22.0 Å². The molecule has 0 bridgehead atoms. The standard InChI is InChI=1S/C12H10BrIN2O2/c1-7-10(14)11(12(17)18-2)15-16(7)9-5-3-4-8(13)6-9/h3-6H,1-2H3. The average molecular weight is 421 g/mol. The maximum atomic E-state index is 11.6. The second-order valence-corrected chi connectivity index (χ2v) is 5.63. The van der Waals surface area contributed by atoms with E-state index in [1.165, 1.54) is 7.11 Å². The lowest BCUT2D eigenvalue weighted by Crippen LogP contribution is -2.05. The molecule has 94 valence electrons. The van der Waals surface area contributed by atoms with E-state index in [0.717, 1.165) is 19.4 Å². The van der Waals surface area contributed by atoms with E-state index >= 15 is 0 Å². The number of hydrogen-bond donors (Lipinski definition) is 0. The number of nitrogens with zero attached hydrogens (tertiary/aromatic N) is 2. The summed E-state index contributed by atoms with van der Waals surface area (Å²) in [7, 11) is 1.35. The molecule has 0 fully saturated rings. The molecule has 0 aliphatic rings. The molecule has 4 nitrogen and oxygen atoms in total. The monoisotopic (exact) mass is 420 g/mol. The number of halogens is 2. The first-order valence-corrected chi connectivity index (χ1v) is 7.01. The van der Waals surface area contributed by atoms with Crippen LogP contribution in [-0.4, -0.2) is 22.9 Å². The summed E-state index contributed by atoms with van der Waals surface area (Å²) in [4.78, 5) is 11.6. The summed E-state index contributed by atoms with van der Waals surface area (Å²) < 4.78 is 8.22. The van der Waals surface area contributed by atoms with Gasteiger partial charge in [0.1, 0.15) is 0 Å². The molecule has 0 aliphatic carbocycles. The van der Waals surface area contributed by atoms with Gasteiger partial charge in [-0.3, -0.25) is 0 Å². The molecular formula is C12H10BrIN2O2. The molecule has 6 heteroatoms. The number of carbonyl (C=O) groups excluding carboxylic acids is 1. The first kappa shape index (κ1) is 13.5. The Balaban J connectivity index is 2.56. The van der Waals surface area contributed by atoms with Crippen molar-refractivity contribution in [3.05, 3.63) is 43.7 Å². The summed E-state index contributed by atoms with van der Waals surface area (Å²) >= 11 is 5.52. The normalized spacial score (nSPS) is 10.4. The van der Waals surface area contributed by atoms with Gasteiger partial charge in [0.15, 0.2) is 5.69 Å². The fraction of sp³-hybridized carbons (Fsp3) is 0.167. The minimum absolute atomic E-state index is 0.343. The third-order valence-corrected chi connectivity index (χ3v) is 4.26. The molecule has 0 atom stereocenters. The van der Waals surface area contributed by atoms with Crippen LogP contribution in [-0.2, 0) is 4.74 Å². The molecule has 0 radical (unpaired) electrons. The van der Waals surface area contributed by atoms with Crippen molar-refractivity contribution in [2.24, 2.45) is 0 Å². The predicted molar refractivity (Wildman–Crippen MR) is 80.1 cm³/mol. The molecule has 1 aromatic heterocycles. The van der Waals surface area contributed by atoms with Crippen LogP contribution in [0.2, 0.25) is 0 Å². The zero-order chi connectivity index (χ0) is 13.3. The van der Waals surface area contributed by atoms with Crippen LogP contribution in [0.1, 0.15) is 16.2 Å². The second kappa shape index (κ2) is 5.40. The van der Waals surface area contributed by atoms with Crippen LogP contribution in [0.3, 0.4) is 0 Å². The highest BCUT2D eigenvalue weighted by Crippen LogP contribution is 2.22. The second-order valence-electron chi connectivity index (χ2n) is 3.63. The predicted octanol–water partition coefficient (Wildman–Crippen LogP) is 3.33. The van der Waals surface area contributed by atoms with Gasteiger partial charge < -0.3 is 4.74 Å².